The number of benzene rings is 1. The van der Waals surface area contributed by atoms with Crippen LogP contribution in [0.15, 0.2) is 18.3 Å². The number of hydrogen-bond donors (Lipinski definition) is 1. The summed E-state index contributed by atoms with van der Waals surface area (Å²) in [5.74, 6) is 5.54. The topological polar surface area (TPSA) is 55.0 Å². The first-order valence-electron chi connectivity index (χ1n) is 5.20. The van der Waals surface area contributed by atoms with E-state index in [0.29, 0.717) is 0 Å². The molecule has 0 saturated heterocycles. The molecule has 4 nitrogen and oxygen atoms in total. The van der Waals surface area contributed by atoms with Crippen LogP contribution in [0.25, 0.3) is 10.9 Å². The molecule has 1 aromatic heterocycles. The Kier molecular flexibility index (Phi) is 3.10. The summed E-state index contributed by atoms with van der Waals surface area (Å²) in [6.45, 7) is 1.78. The molecular weight excluding hydrogens is 216 g/mol. The lowest BCUT2D eigenvalue weighted by atomic mass is 10.0. The molecule has 86 valence electrons. The highest BCUT2D eigenvalue weighted by molar-refractivity contribution is 5.87. The lowest BCUT2D eigenvalue weighted by Crippen LogP contribution is -2.05. The average Bonchev–Trinajstić information content (AvgIpc) is 2.77. The maximum atomic E-state index is 11.3. The van der Waals surface area contributed by atoms with Gasteiger partial charge in [-0.25, -0.2) is 0 Å². The van der Waals surface area contributed by atoms with E-state index in [1.807, 2.05) is 12.1 Å². The summed E-state index contributed by atoms with van der Waals surface area (Å²) in [5.41, 5.74) is 2.59. The first-order chi connectivity index (χ1) is 8.24. The first-order valence-corrected chi connectivity index (χ1v) is 5.20. The lowest BCUT2D eigenvalue weighted by molar-refractivity contribution is -0.139. The van der Waals surface area contributed by atoms with Crippen molar-refractivity contribution in [1.29, 1.82) is 0 Å². The number of H-pyrrole nitrogens is 1. The van der Waals surface area contributed by atoms with Crippen molar-refractivity contribution in [2.24, 2.45) is 0 Å². The number of ether oxygens (including phenoxy) is 1. The standard InChI is InChI=1S/C13H12N2O2/c1-3-4-9-5-10(7-12(16)17-2)13-11(6-9)8-14-15-13/h5-6,8H,7H2,1-2H3,(H,14,15). The monoisotopic (exact) mass is 228 g/mol. The predicted octanol–water partition coefficient (Wildman–Crippen LogP) is 1.65. The van der Waals surface area contributed by atoms with Gasteiger partial charge in [0.25, 0.3) is 0 Å². The molecule has 0 saturated carbocycles. The summed E-state index contributed by atoms with van der Waals surface area (Å²) < 4.78 is 4.67. The van der Waals surface area contributed by atoms with Gasteiger partial charge in [-0.05, 0) is 24.6 Å². The number of nitrogens with one attached hydrogen (secondary N) is 1. The highest BCUT2D eigenvalue weighted by atomic mass is 16.5. The van der Waals surface area contributed by atoms with E-state index in [-0.39, 0.29) is 12.4 Å². The van der Waals surface area contributed by atoms with E-state index >= 15 is 0 Å². The van der Waals surface area contributed by atoms with E-state index in [0.717, 1.165) is 22.0 Å². The summed E-state index contributed by atoms with van der Waals surface area (Å²) in [7, 11) is 1.38. The molecule has 0 aliphatic rings. The third-order valence-electron chi connectivity index (χ3n) is 2.46. The number of fused-ring (bicyclic) bond motifs is 1. The summed E-state index contributed by atoms with van der Waals surface area (Å²) in [5, 5.41) is 7.80. The van der Waals surface area contributed by atoms with Gasteiger partial charge in [-0.2, -0.15) is 5.10 Å². The second-order valence-corrected chi connectivity index (χ2v) is 3.60. The number of methoxy groups -OCH3 is 1. The maximum absolute atomic E-state index is 11.3. The number of nitrogens with zero attached hydrogens (tertiary/aromatic N) is 1. The average molecular weight is 228 g/mol. The molecule has 0 spiro atoms. The van der Waals surface area contributed by atoms with Gasteiger partial charge in [0.2, 0.25) is 0 Å². The van der Waals surface area contributed by atoms with E-state index < -0.39 is 0 Å². The van der Waals surface area contributed by atoms with Crippen LogP contribution < -0.4 is 0 Å². The number of carbonyl (C=O) groups excluding carboxylic acids is 1. The second-order valence-electron chi connectivity index (χ2n) is 3.60. The van der Waals surface area contributed by atoms with Gasteiger partial charge in [0.1, 0.15) is 0 Å². The van der Waals surface area contributed by atoms with E-state index in [2.05, 4.69) is 26.8 Å². The lowest BCUT2D eigenvalue weighted by Gasteiger charge is -2.03. The Balaban J connectivity index is 2.52. The minimum Gasteiger partial charge on any atom is -0.469 e. The van der Waals surface area contributed by atoms with Crippen LogP contribution >= 0.6 is 0 Å². The van der Waals surface area contributed by atoms with Crippen LogP contribution in [0.2, 0.25) is 0 Å². The van der Waals surface area contributed by atoms with Gasteiger partial charge in [0.05, 0.1) is 25.2 Å². The smallest absolute Gasteiger partial charge is 0.310 e. The fourth-order valence-electron chi connectivity index (χ4n) is 1.71. The normalized spacial score (nSPS) is 9.76. The van der Waals surface area contributed by atoms with Crippen molar-refractivity contribution in [2.45, 2.75) is 13.3 Å². The molecule has 0 radical (unpaired) electrons. The first kappa shape index (κ1) is 11.2. The molecule has 2 rings (SSSR count). The zero-order chi connectivity index (χ0) is 12.3. The van der Waals surface area contributed by atoms with Crippen LogP contribution in [0, 0.1) is 11.8 Å². The highest BCUT2D eigenvalue weighted by Gasteiger charge is 2.09. The Morgan fingerprint density at radius 3 is 3.06 bits per heavy atom. The van der Waals surface area contributed by atoms with Crippen molar-refractivity contribution in [1.82, 2.24) is 10.2 Å². The summed E-state index contributed by atoms with van der Waals surface area (Å²) in [6.07, 6.45) is 1.94. The van der Waals surface area contributed by atoms with E-state index in [1.165, 1.54) is 7.11 Å². The molecule has 0 amide bonds. The van der Waals surface area contributed by atoms with Crippen molar-refractivity contribution >= 4 is 16.9 Å². The zero-order valence-electron chi connectivity index (χ0n) is 9.70. The summed E-state index contributed by atoms with van der Waals surface area (Å²) >= 11 is 0. The second kappa shape index (κ2) is 4.71. The van der Waals surface area contributed by atoms with Gasteiger partial charge >= 0.3 is 5.97 Å². The number of aromatic nitrogens is 2. The minimum absolute atomic E-state index is 0.217. The minimum atomic E-state index is -0.275. The number of hydrogen-bond acceptors (Lipinski definition) is 3. The van der Waals surface area contributed by atoms with Crippen molar-refractivity contribution in [2.75, 3.05) is 7.11 Å². The Morgan fingerprint density at radius 1 is 1.53 bits per heavy atom. The van der Waals surface area contributed by atoms with Gasteiger partial charge in [0, 0.05) is 10.9 Å². The molecule has 1 N–H and O–H groups in total. The van der Waals surface area contributed by atoms with Gasteiger partial charge in [-0.3, -0.25) is 9.89 Å². The largest absolute Gasteiger partial charge is 0.469 e. The summed E-state index contributed by atoms with van der Waals surface area (Å²) in [4.78, 5) is 11.3. The van der Waals surface area contributed by atoms with E-state index in [1.54, 1.807) is 13.1 Å². The molecule has 1 aromatic carbocycles. The number of aromatic amines is 1. The molecule has 0 aliphatic heterocycles. The Morgan fingerprint density at radius 2 is 2.35 bits per heavy atom. The fourth-order valence-corrected chi connectivity index (χ4v) is 1.71. The third-order valence-corrected chi connectivity index (χ3v) is 2.46. The quantitative estimate of drug-likeness (QED) is 0.628. The van der Waals surface area contributed by atoms with Gasteiger partial charge < -0.3 is 4.74 Å². The highest BCUT2D eigenvalue weighted by Crippen LogP contribution is 2.19. The van der Waals surface area contributed by atoms with Gasteiger partial charge in [-0.15, -0.1) is 5.92 Å². The fraction of sp³-hybridized carbons (Fsp3) is 0.231. The molecular formula is C13H12N2O2. The van der Waals surface area contributed by atoms with Crippen molar-refractivity contribution < 1.29 is 9.53 Å². The van der Waals surface area contributed by atoms with Crippen molar-refractivity contribution in [3.63, 3.8) is 0 Å². The van der Waals surface area contributed by atoms with Crippen LogP contribution in [0.3, 0.4) is 0 Å². The maximum Gasteiger partial charge on any atom is 0.310 e. The number of carbonyl (C=O) groups is 1. The molecule has 0 aliphatic carbocycles. The molecule has 2 aromatic rings. The SMILES string of the molecule is CC#Cc1cc(CC(=O)OC)c2[nH]ncc2c1. The Hall–Kier alpha value is -2.28. The van der Waals surface area contributed by atoms with Crippen LogP contribution in [-0.2, 0) is 16.0 Å². The Labute approximate surface area is 99.0 Å². The number of esters is 1. The third kappa shape index (κ3) is 2.28. The molecule has 0 bridgehead atoms. The Bertz CT molecular complexity index is 617. The van der Waals surface area contributed by atoms with Crippen molar-refractivity contribution in [3.05, 3.63) is 29.5 Å². The molecule has 0 atom stereocenters. The van der Waals surface area contributed by atoms with Crippen molar-refractivity contribution in [3.8, 4) is 11.8 Å². The van der Waals surface area contributed by atoms with Crippen LogP contribution in [0.4, 0.5) is 0 Å². The predicted molar refractivity (Wildman–Crippen MR) is 64.4 cm³/mol. The van der Waals surface area contributed by atoms with Crippen LogP contribution in [0.1, 0.15) is 18.1 Å². The van der Waals surface area contributed by atoms with Gasteiger partial charge in [-0.1, -0.05) is 5.92 Å². The van der Waals surface area contributed by atoms with Crippen LogP contribution in [0.5, 0.6) is 0 Å². The zero-order valence-corrected chi connectivity index (χ0v) is 9.70. The molecule has 17 heavy (non-hydrogen) atoms. The molecule has 1 heterocycles. The molecule has 4 heteroatoms. The summed E-state index contributed by atoms with van der Waals surface area (Å²) in [6, 6.07) is 3.82. The molecule has 0 unspecified atom stereocenters. The van der Waals surface area contributed by atoms with Crippen LogP contribution in [-0.4, -0.2) is 23.3 Å². The van der Waals surface area contributed by atoms with Gasteiger partial charge in [0.15, 0.2) is 0 Å². The molecule has 0 fully saturated rings. The number of rotatable bonds is 2. The van der Waals surface area contributed by atoms with E-state index in [9.17, 15) is 4.79 Å². The van der Waals surface area contributed by atoms with E-state index in [4.69, 9.17) is 0 Å².